The molecule has 0 saturated carbocycles. The van der Waals surface area contributed by atoms with Crippen molar-refractivity contribution < 1.29 is 19.4 Å². The van der Waals surface area contributed by atoms with Crippen LogP contribution in [0.2, 0.25) is 0 Å². The second kappa shape index (κ2) is 4.82. The summed E-state index contributed by atoms with van der Waals surface area (Å²) in [4.78, 5) is 14.9. The van der Waals surface area contributed by atoms with Gasteiger partial charge in [-0.3, -0.25) is 0 Å². The highest BCUT2D eigenvalue weighted by molar-refractivity contribution is 9.10. The number of carbonyl (C=O) groups is 1. The van der Waals surface area contributed by atoms with Crippen LogP contribution in [0.1, 0.15) is 10.5 Å². The van der Waals surface area contributed by atoms with Gasteiger partial charge in [-0.1, -0.05) is 0 Å². The van der Waals surface area contributed by atoms with Crippen molar-refractivity contribution in [2.75, 3.05) is 13.2 Å². The molecule has 0 atom stereocenters. The Hall–Kier alpha value is -1.60. The molecule has 0 bridgehead atoms. The van der Waals surface area contributed by atoms with E-state index < -0.39 is 5.97 Å². The highest BCUT2D eigenvalue weighted by Crippen LogP contribution is 2.41. The number of carboxylic acids is 1. The van der Waals surface area contributed by atoms with Crippen LogP contribution in [-0.4, -0.2) is 29.3 Å². The van der Waals surface area contributed by atoms with Gasteiger partial charge in [-0.2, -0.15) is 0 Å². The summed E-state index contributed by atoms with van der Waals surface area (Å²) < 4.78 is 11.8. The van der Waals surface area contributed by atoms with Crippen LogP contribution in [-0.2, 0) is 0 Å². The maximum absolute atomic E-state index is 10.8. The minimum Gasteiger partial charge on any atom is -0.486 e. The Balaban J connectivity index is 2.05. The average molecular weight is 342 g/mol. The number of aromatic nitrogens is 1. The van der Waals surface area contributed by atoms with Gasteiger partial charge in [0.2, 0.25) is 0 Å². The number of carboxylic acid groups (broad SMARTS) is 1. The Morgan fingerprint density at radius 2 is 2.16 bits per heavy atom. The second-order valence-corrected chi connectivity index (χ2v) is 5.54. The molecule has 3 rings (SSSR count). The molecule has 0 fully saturated rings. The van der Waals surface area contributed by atoms with Crippen LogP contribution in [0.3, 0.4) is 0 Å². The van der Waals surface area contributed by atoms with Crippen molar-refractivity contribution in [1.82, 2.24) is 4.98 Å². The number of hydrogen-bond acceptors (Lipinski definition) is 5. The number of hydrogen-bond donors (Lipinski definition) is 1. The molecule has 0 unspecified atom stereocenters. The summed E-state index contributed by atoms with van der Waals surface area (Å²) in [5, 5.41) is 11.0. The lowest BCUT2D eigenvalue weighted by Gasteiger charge is -2.20. The van der Waals surface area contributed by atoms with Crippen molar-refractivity contribution in [2.24, 2.45) is 0 Å². The molecular formula is C12H8BrNO4S. The van der Waals surface area contributed by atoms with E-state index in [1.54, 1.807) is 0 Å². The maximum atomic E-state index is 10.8. The molecule has 1 aromatic heterocycles. The van der Waals surface area contributed by atoms with Crippen LogP contribution in [0, 0.1) is 0 Å². The van der Waals surface area contributed by atoms with Gasteiger partial charge in [0.1, 0.15) is 18.2 Å². The number of benzene rings is 1. The first-order valence-electron chi connectivity index (χ1n) is 5.43. The first kappa shape index (κ1) is 12.4. The fourth-order valence-corrected chi connectivity index (χ4v) is 3.08. The number of fused-ring (bicyclic) bond motifs is 1. The van der Waals surface area contributed by atoms with E-state index in [1.807, 2.05) is 12.1 Å². The molecule has 1 aromatic carbocycles. The van der Waals surface area contributed by atoms with Crippen LogP contribution in [0.4, 0.5) is 0 Å². The van der Waals surface area contributed by atoms with Gasteiger partial charge in [-0.25, -0.2) is 9.78 Å². The third kappa shape index (κ3) is 2.31. The van der Waals surface area contributed by atoms with Crippen molar-refractivity contribution in [3.63, 3.8) is 0 Å². The topological polar surface area (TPSA) is 68.7 Å². The Morgan fingerprint density at radius 1 is 1.37 bits per heavy atom. The van der Waals surface area contributed by atoms with E-state index in [2.05, 4.69) is 20.9 Å². The molecule has 1 aliphatic heterocycles. The van der Waals surface area contributed by atoms with Gasteiger partial charge in [0, 0.05) is 10.9 Å². The summed E-state index contributed by atoms with van der Waals surface area (Å²) in [6.07, 6.45) is 0. The normalized spacial score (nSPS) is 13.3. The number of rotatable bonds is 2. The zero-order valence-electron chi connectivity index (χ0n) is 9.55. The highest BCUT2D eigenvalue weighted by Gasteiger charge is 2.18. The second-order valence-electron chi connectivity index (χ2n) is 3.83. The highest BCUT2D eigenvalue weighted by atomic mass is 79.9. The van der Waals surface area contributed by atoms with Gasteiger partial charge in [-0.05, 0) is 28.1 Å². The van der Waals surface area contributed by atoms with E-state index in [0.29, 0.717) is 29.7 Å². The van der Waals surface area contributed by atoms with E-state index in [9.17, 15) is 4.79 Å². The molecule has 1 N–H and O–H groups in total. The number of thiazole rings is 1. The standard InChI is InChI=1S/C12H8BrNO4S/c13-7-3-6(4-9-10(7)18-2-1-17-9)11-14-8(5-19-11)12(15)16/h3-5H,1-2H2,(H,15,16). The molecular weight excluding hydrogens is 334 g/mol. The van der Waals surface area contributed by atoms with Crippen LogP contribution >= 0.6 is 27.3 Å². The number of halogens is 1. The van der Waals surface area contributed by atoms with Gasteiger partial charge in [-0.15, -0.1) is 11.3 Å². The van der Waals surface area contributed by atoms with Crippen molar-refractivity contribution >= 4 is 33.2 Å². The van der Waals surface area contributed by atoms with E-state index in [4.69, 9.17) is 14.6 Å². The fourth-order valence-electron chi connectivity index (χ4n) is 1.74. The predicted molar refractivity (Wildman–Crippen MR) is 73.2 cm³/mol. The van der Waals surface area contributed by atoms with Crippen molar-refractivity contribution in [3.8, 4) is 22.1 Å². The first-order valence-corrected chi connectivity index (χ1v) is 7.11. The first-order chi connectivity index (χ1) is 9.15. The molecule has 19 heavy (non-hydrogen) atoms. The molecule has 0 saturated heterocycles. The monoisotopic (exact) mass is 341 g/mol. The van der Waals surface area contributed by atoms with E-state index >= 15 is 0 Å². The lowest BCUT2D eigenvalue weighted by molar-refractivity contribution is 0.0691. The van der Waals surface area contributed by atoms with Crippen LogP contribution in [0.15, 0.2) is 22.0 Å². The molecule has 98 valence electrons. The molecule has 0 spiro atoms. The molecule has 5 nitrogen and oxygen atoms in total. The van der Waals surface area contributed by atoms with Gasteiger partial charge in [0.05, 0.1) is 4.47 Å². The molecule has 1 aliphatic rings. The van der Waals surface area contributed by atoms with Gasteiger partial charge in [0.25, 0.3) is 0 Å². The number of aromatic carboxylic acids is 1. The Kier molecular flexibility index (Phi) is 3.16. The maximum Gasteiger partial charge on any atom is 0.355 e. The van der Waals surface area contributed by atoms with E-state index in [1.165, 1.54) is 16.7 Å². The minimum absolute atomic E-state index is 0.0472. The molecule has 2 aromatic rings. The zero-order valence-corrected chi connectivity index (χ0v) is 12.0. The quantitative estimate of drug-likeness (QED) is 0.909. The summed E-state index contributed by atoms with van der Waals surface area (Å²) in [6, 6.07) is 3.65. The smallest absolute Gasteiger partial charge is 0.355 e. The van der Waals surface area contributed by atoms with E-state index in [-0.39, 0.29) is 5.69 Å². The lowest BCUT2D eigenvalue weighted by atomic mass is 10.2. The molecule has 7 heteroatoms. The Morgan fingerprint density at radius 3 is 2.89 bits per heavy atom. The number of nitrogens with zero attached hydrogens (tertiary/aromatic N) is 1. The van der Waals surface area contributed by atoms with Gasteiger partial charge in [0.15, 0.2) is 17.2 Å². The lowest BCUT2D eigenvalue weighted by Crippen LogP contribution is -2.15. The summed E-state index contributed by atoms with van der Waals surface area (Å²) >= 11 is 4.70. The molecule has 0 aliphatic carbocycles. The Bertz CT molecular complexity index is 655. The Labute approximate surface area is 120 Å². The molecule has 0 amide bonds. The average Bonchev–Trinajstić information content (AvgIpc) is 2.88. The van der Waals surface area contributed by atoms with Gasteiger partial charge < -0.3 is 14.6 Å². The third-order valence-corrected chi connectivity index (χ3v) is 4.05. The van der Waals surface area contributed by atoms with Crippen LogP contribution in [0.25, 0.3) is 10.6 Å². The van der Waals surface area contributed by atoms with Crippen LogP contribution in [0.5, 0.6) is 11.5 Å². The summed E-state index contributed by atoms with van der Waals surface area (Å²) in [5.41, 5.74) is 0.847. The summed E-state index contributed by atoms with van der Waals surface area (Å²) in [5.74, 6) is 0.284. The third-order valence-electron chi connectivity index (χ3n) is 2.57. The fraction of sp³-hybridized carbons (Fsp3) is 0.167. The van der Waals surface area contributed by atoms with Gasteiger partial charge >= 0.3 is 5.97 Å². The van der Waals surface area contributed by atoms with E-state index in [0.717, 1.165) is 10.0 Å². The number of ether oxygens (including phenoxy) is 2. The van der Waals surface area contributed by atoms with Crippen LogP contribution < -0.4 is 9.47 Å². The molecule has 2 heterocycles. The largest absolute Gasteiger partial charge is 0.486 e. The predicted octanol–water partition coefficient (Wildman–Crippen LogP) is 3.04. The van der Waals surface area contributed by atoms with Crippen molar-refractivity contribution in [3.05, 3.63) is 27.7 Å². The zero-order chi connectivity index (χ0) is 13.4. The SMILES string of the molecule is O=C(O)c1csc(-c2cc(Br)c3c(c2)OCCO3)n1. The van der Waals surface area contributed by atoms with Crippen molar-refractivity contribution in [2.45, 2.75) is 0 Å². The minimum atomic E-state index is -1.03. The summed E-state index contributed by atoms with van der Waals surface area (Å²) in [6.45, 7) is 1.02. The molecule has 0 radical (unpaired) electrons. The van der Waals surface area contributed by atoms with Crippen molar-refractivity contribution in [1.29, 1.82) is 0 Å². The summed E-state index contributed by atoms with van der Waals surface area (Å²) in [7, 11) is 0.